The lowest BCUT2D eigenvalue weighted by Gasteiger charge is -2.18. The number of hydrogen-bond acceptors (Lipinski definition) is 1. The van der Waals surface area contributed by atoms with Gasteiger partial charge in [-0.25, -0.2) is 4.79 Å². The number of rotatable bonds is 1. The first-order valence-electron chi connectivity index (χ1n) is 2.95. The number of terminal acetylenes is 1. The summed E-state index contributed by atoms with van der Waals surface area (Å²) in [6, 6.07) is -0.0713. The molecule has 0 aliphatic carbocycles. The molecule has 3 heteroatoms. The number of carbonyl (C=O) groups is 1. The summed E-state index contributed by atoms with van der Waals surface area (Å²) in [6.07, 6.45) is 5.00. The maximum absolute atomic E-state index is 11.0. The zero-order valence-corrected chi connectivity index (χ0v) is 6.59. The predicted molar refractivity (Wildman–Crippen MR) is 40.5 cm³/mol. The number of urea groups is 1. The van der Waals surface area contributed by atoms with E-state index >= 15 is 0 Å². The Labute approximate surface area is 61.6 Å². The normalized spacial score (nSPS) is 8.20. The molecular formula is C7H12N2O. The molecule has 0 fully saturated rings. The van der Waals surface area contributed by atoms with Crippen LogP contribution in [0, 0.1) is 12.3 Å². The second kappa shape index (κ2) is 3.78. The summed E-state index contributed by atoms with van der Waals surface area (Å²) >= 11 is 0. The Morgan fingerprint density at radius 3 is 2.30 bits per heavy atom. The highest BCUT2D eigenvalue weighted by Crippen LogP contribution is 1.87. The fourth-order valence-electron chi connectivity index (χ4n) is 0.546. The lowest BCUT2D eigenvalue weighted by atomic mass is 10.6. The fraction of sp³-hybridized carbons (Fsp3) is 0.571. The third-order valence-corrected chi connectivity index (χ3v) is 1.04. The van der Waals surface area contributed by atoms with Gasteiger partial charge in [-0.15, -0.1) is 6.42 Å². The van der Waals surface area contributed by atoms with E-state index in [0.29, 0.717) is 6.54 Å². The Morgan fingerprint density at radius 1 is 1.50 bits per heavy atom. The molecule has 0 radical (unpaired) electrons. The zero-order chi connectivity index (χ0) is 8.15. The van der Waals surface area contributed by atoms with Crippen molar-refractivity contribution in [3.63, 3.8) is 0 Å². The van der Waals surface area contributed by atoms with Crippen molar-refractivity contribution in [1.82, 2.24) is 9.80 Å². The van der Waals surface area contributed by atoms with Crippen LogP contribution in [0.5, 0.6) is 0 Å². The minimum Gasteiger partial charge on any atom is -0.331 e. The van der Waals surface area contributed by atoms with Crippen molar-refractivity contribution < 1.29 is 4.79 Å². The average Bonchev–Trinajstić information content (AvgIpc) is 1.87. The van der Waals surface area contributed by atoms with Crippen LogP contribution in [-0.4, -0.2) is 43.5 Å². The van der Waals surface area contributed by atoms with E-state index in [1.54, 1.807) is 21.1 Å². The molecule has 0 bridgehead atoms. The van der Waals surface area contributed by atoms with Gasteiger partial charge >= 0.3 is 6.03 Å². The number of carbonyl (C=O) groups excluding carboxylic acids is 1. The first-order valence-corrected chi connectivity index (χ1v) is 2.95. The molecule has 3 nitrogen and oxygen atoms in total. The summed E-state index contributed by atoms with van der Waals surface area (Å²) < 4.78 is 0. The van der Waals surface area contributed by atoms with Gasteiger partial charge in [0.25, 0.3) is 0 Å². The van der Waals surface area contributed by atoms with Crippen LogP contribution in [0.2, 0.25) is 0 Å². The molecule has 0 atom stereocenters. The molecular weight excluding hydrogens is 128 g/mol. The summed E-state index contributed by atoms with van der Waals surface area (Å²) in [7, 11) is 5.05. The maximum atomic E-state index is 11.0. The summed E-state index contributed by atoms with van der Waals surface area (Å²) in [6.45, 7) is 0.358. The van der Waals surface area contributed by atoms with Crippen LogP contribution in [-0.2, 0) is 0 Å². The van der Waals surface area contributed by atoms with Gasteiger partial charge in [0, 0.05) is 21.1 Å². The number of amides is 2. The Morgan fingerprint density at radius 2 is 2.00 bits per heavy atom. The molecule has 2 amide bonds. The molecule has 0 rings (SSSR count). The average molecular weight is 140 g/mol. The Bertz CT molecular complexity index is 157. The standard InChI is InChI=1S/C7H12N2O/c1-5-6-9(4)7(10)8(2)3/h1H,6H2,2-4H3. The largest absolute Gasteiger partial charge is 0.331 e. The van der Waals surface area contributed by atoms with Crippen LogP contribution < -0.4 is 0 Å². The van der Waals surface area contributed by atoms with Crippen LogP contribution in [0.4, 0.5) is 4.79 Å². The quantitative estimate of drug-likeness (QED) is 0.478. The van der Waals surface area contributed by atoms with Crippen LogP contribution in [0.25, 0.3) is 0 Å². The molecule has 0 aromatic rings. The lowest BCUT2D eigenvalue weighted by Crippen LogP contribution is -2.36. The van der Waals surface area contributed by atoms with Crippen molar-refractivity contribution in [2.24, 2.45) is 0 Å². The van der Waals surface area contributed by atoms with Crippen molar-refractivity contribution in [3.8, 4) is 12.3 Å². The Kier molecular flexibility index (Phi) is 3.34. The smallest absolute Gasteiger partial charge is 0.320 e. The Balaban J connectivity index is 3.85. The van der Waals surface area contributed by atoms with E-state index in [1.165, 1.54) is 9.80 Å². The van der Waals surface area contributed by atoms with E-state index < -0.39 is 0 Å². The first-order chi connectivity index (χ1) is 4.59. The second-order valence-electron chi connectivity index (χ2n) is 2.24. The summed E-state index contributed by atoms with van der Waals surface area (Å²) in [5.74, 6) is 2.38. The molecule has 10 heavy (non-hydrogen) atoms. The van der Waals surface area contributed by atoms with Crippen LogP contribution in [0.15, 0.2) is 0 Å². The molecule has 0 heterocycles. The summed E-state index contributed by atoms with van der Waals surface area (Å²) in [5, 5.41) is 0. The van der Waals surface area contributed by atoms with Crippen molar-refractivity contribution in [1.29, 1.82) is 0 Å². The van der Waals surface area contributed by atoms with E-state index in [4.69, 9.17) is 6.42 Å². The third-order valence-electron chi connectivity index (χ3n) is 1.04. The minimum atomic E-state index is -0.0713. The monoisotopic (exact) mass is 140 g/mol. The van der Waals surface area contributed by atoms with Crippen LogP contribution in [0.1, 0.15) is 0 Å². The molecule has 0 saturated carbocycles. The number of hydrogen-bond donors (Lipinski definition) is 0. The predicted octanol–water partition coefficient (Wildman–Crippen LogP) is 0.233. The molecule has 0 saturated heterocycles. The highest BCUT2D eigenvalue weighted by Gasteiger charge is 2.07. The van der Waals surface area contributed by atoms with E-state index in [-0.39, 0.29) is 6.03 Å². The fourth-order valence-corrected chi connectivity index (χ4v) is 0.546. The molecule has 0 aromatic carbocycles. The van der Waals surface area contributed by atoms with Crippen LogP contribution >= 0.6 is 0 Å². The molecule has 0 aliphatic heterocycles. The summed E-state index contributed by atoms with van der Waals surface area (Å²) in [5.41, 5.74) is 0. The van der Waals surface area contributed by atoms with Gasteiger partial charge in [0.05, 0.1) is 6.54 Å². The van der Waals surface area contributed by atoms with Gasteiger partial charge in [-0.2, -0.15) is 0 Å². The van der Waals surface area contributed by atoms with Gasteiger partial charge in [0.1, 0.15) is 0 Å². The van der Waals surface area contributed by atoms with E-state index in [2.05, 4.69) is 5.92 Å². The van der Waals surface area contributed by atoms with E-state index in [0.717, 1.165) is 0 Å². The maximum Gasteiger partial charge on any atom is 0.320 e. The highest BCUT2D eigenvalue weighted by atomic mass is 16.2. The highest BCUT2D eigenvalue weighted by molar-refractivity contribution is 5.73. The minimum absolute atomic E-state index is 0.0713. The van der Waals surface area contributed by atoms with Gasteiger partial charge < -0.3 is 9.80 Å². The molecule has 0 spiro atoms. The van der Waals surface area contributed by atoms with Crippen molar-refractivity contribution in [2.45, 2.75) is 0 Å². The molecule has 56 valence electrons. The third kappa shape index (κ3) is 2.40. The van der Waals surface area contributed by atoms with Crippen molar-refractivity contribution in [2.75, 3.05) is 27.7 Å². The van der Waals surface area contributed by atoms with Gasteiger partial charge in [-0.05, 0) is 0 Å². The van der Waals surface area contributed by atoms with Gasteiger partial charge in [-0.3, -0.25) is 0 Å². The van der Waals surface area contributed by atoms with Crippen molar-refractivity contribution in [3.05, 3.63) is 0 Å². The molecule has 0 N–H and O–H groups in total. The second-order valence-corrected chi connectivity index (χ2v) is 2.24. The molecule has 0 aromatic heterocycles. The SMILES string of the molecule is C#CCN(C)C(=O)N(C)C. The van der Waals surface area contributed by atoms with Gasteiger partial charge in [0.2, 0.25) is 0 Å². The summed E-state index contributed by atoms with van der Waals surface area (Å²) in [4.78, 5) is 13.9. The number of nitrogens with zero attached hydrogens (tertiary/aromatic N) is 2. The van der Waals surface area contributed by atoms with Gasteiger partial charge in [0.15, 0.2) is 0 Å². The lowest BCUT2D eigenvalue weighted by molar-refractivity contribution is 0.187. The molecule has 0 aliphatic rings. The van der Waals surface area contributed by atoms with Crippen LogP contribution in [0.3, 0.4) is 0 Å². The van der Waals surface area contributed by atoms with E-state index in [9.17, 15) is 4.79 Å². The molecule has 0 unspecified atom stereocenters. The van der Waals surface area contributed by atoms with Crippen molar-refractivity contribution >= 4 is 6.03 Å². The Hall–Kier alpha value is -1.17. The topological polar surface area (TPSA) is 23.6 Å². The van der Waals surface area contributed by atoms with E-state index in [1.807, 2.05) is 0 Å². The first kappa shape index (κ1) is 8.83. The van der Waals surface area contributed by atoms with Gasteiger partial charge in [-0.1, -0.05) is 5.92 Å². The zero-order valence-electron chi connectivity index (χ0n) is 6.59.